The number of likely N-dealkylation sites (N-methyl/N-ethyl adjacent to an activating group) is 1. The lowest BCUT2D eigenvalue weighted by Crippen LogP contribution is -2.30. The third kappa shape index (κ3) is 3.24. The SMILES string of the molecule is CNCC(O)C(O)c1c(Br)cc(F)cc1Br. The van der Waals surface area contributed by atoms with E-state index in [0.717, 1.165) is 0 Å². The van der Waals surface area contributed by atoms with Crippen LogP contribution in [0.15, 0.2) is 21.1 Å². The van der Waals surface area contributed by atoms with Gasteiger partial charge in [0.05, 0.1) is 6.10 Å². The molecule has 0 saturated carbocycles. The van der Waals surface area contributed by atoms with Crippen LogP contribution in [-0.2, 0) is 0 Å². The number of rotatable bonds is 4. The monoisotopic (exact) mass is 355 g/mol. The average Bonchev–Trinajstić information content (AvgIpc) is 2.16. The minimum atomic E-state index is -1.09. The van der Waals surface area contributed by atoms with Gasteiger partial charge in [0, 0.05) is 21.1 Å². The van der Waals surface area contributed by atoms with Gasteiger partial charge < -0.3 is 15.5 Å². The first-order valence-electron chi connectivity index (χ1n) is 4.62. The van der Waals surface area contributed by atoms with Gasteiger partial charge >= 0.3 is 0 Å². The molecule has 90 valence electrons. The van der Waals surface area contributed by atoms with E-state index in [2.05, 4.69) is 37.2 Å². The minimum absolute atomic E-state index is 0.247. The van der Waals surface area contributed by atoms with E-state index in [0.29, 0.717) is 14.5 Å². The maximum Gasteiger partial charge on any atom is 0.125 e. The van der Waals surface area contributed by atoms with E-state index in [1.54, 1.807) is 7.05 Å². The third-order valence-electron chi connectivity index (χ3n) is 2.12. The van der Waals surface area contributed by atoms with Gasteiger partial charge in [0.15, 0.2) is 0 Å². The molecule has 0 bridgehead atoms. The zero-order valence-electron chi connectivity index (χ0n) is 8.54. The molecule has 2 atom stereocenters. The third-order valence-corrected chi connectivity index (χ3v) is 3.43. The van der Waals surface area contributed by atoms with Gasteiger partial charge in [-0.25, -0.2) is 4.39 Å². The Morgan fingerprint density at radius 2 is 1.81 bits per heavy atom. The molecule has 6 heteroatoms. The fraction of sp³-hybridized carbons (Fsp3) is 0.400. The molecule has 1 rings (SSSR count). The van der Waals surface area contributed by atoms with Crippen molar-refractivity contribution < 1.29 is 14.6 Å². The molecule has 0 fully saturated rings. The summed E-state index contributed by atoms with van der Waals surface area (Å²) in [5.74, 6) is -0.419. The summed E-state index contributed by atoms with van der Waals surface area (Å²) >= 11 is 6.31. The Morgan fingerprint density at radius 3 is 2.25 bits per heavy atom. The fourth-order valence-corrected chi connectivity index (χ4v) is 2.95. The first kappa shape index (κ1) is 14.1. The highest BCUT2D eigenvalue weighted by Gasteiger charge is 2.23. The minimum Gasteiger partial charge on any atom is -0.389 e. The van der Waals surface area contributed by atoms with Crippen molar-refractivity contribution in [1.82, 2.24) is 5.32 Å². The number of hydrogen-bond acceptors (Lipinski definition) is 3. The molecule has 0 aliphatic rings. The van der Waals surface area contributed by atoms with Crippen LogP contribution in [0.3, 0.4) is 0 Å². The number of halogens is 3. The molecule has 16 heavy (non-hydrogen) atoms. The molecule has 0 radical (unpaired) electrons. The van der Waals surface area contributed by atoms with E-state index in [-0.39, 0.29) is 6.54 Å². The molecule has 0 spiro atoms. The van der Waals surface area contributed by atoms with E-state index >= 15 is 0 Å². The Kier molecular flexibility index (Phi) is 5.33. The Hall–Kier alpha value is -0.0100. The van der Waals surface area contributed by atoms with Crippen LogP contribution in [0.25, 0.3) is 0 Å². The summed E-state index contributed by atoms with van der Waals surface area (Å²) in [6.07, 6.45) is -2.04. The lowest BCUT2D eigenvalue weighted by Gasteiger charge is -2.20. The van der Waals surface area contributed by atoms with Crippen molar-refractivity contribution in [1.29, 1.82) is 0 Å². The topological polar surface area (TPSA) is 52.5 Å². The van der Waals surface area contributed by atoms with Gasteiger partial charge in [0.25, 0.3) is 0 Å². The normalized spacial score (nSPS) is 14.9. The number of aliphatic hydroxyl groups is 2. The second kappa shape index (κ2) is 6.07. The fourth-order valence-electron chi connectivity index (χ4n) is 1.35. The Balaban J connectivity index is 3.03. The standard InChI is InChI=1S/C10H12Br2FNO2/c1-14-4-8(15)10(16)9-6(11)2-5(13)3-7(9)12/h2-3,8,10,14-16H,4H2,1H3. The average molecular weight is 357 g/mol. The van der Waals surface area contributed by atoms with E-state index in [9.17, 15) is 14.6 Å². The summed E-state index contributed by atoms with van der Waals surface area (Å²) in [5.41, 5.74) is 0.434. The largest absolute Gasteiger partial charge is 0.389 e. The Bertz CT molecular complexity index is 353. The number of aliphatic hydroxyl groups excluding tert-OH is 2. The molecule has 2 unspecified atom stereocenters. The lowest BCUT2D eigenvalue weighted by molar-refractivity contribution is 0.0193. The number of hydrogen-bond donors (Lipinski definition) is 3. The molecule has 0 aliphatic heterocycles. The van der Waals surface area contributed by atoms with Crippen LogP contribution in [0.1, 0.15) is 11.7 Å². The van der Waals surface area contributed by atoms with Crippen LogP contribution in [0.4, 0.5) is 4.39 Å². The maximum atomic E-state index is 13.0. The van der Waals surface area contributed by atoms with Crippen LogP contribution in [0.2, 0.25) is 0 Å². The summed E-state index contributed by atoms with van der Waals surface area (Å²) in [4.78, 5) is 0. The molecule has 0 aliphatic carbocycles. The molecule has 1 aromatic rings. The zero-order chi connectivity index (χ0) is 12.3. The molecular formula is C10H12Br2FNO2. The first-order valence-corrected chi connectivity index (χ1v) is 6.21. The van der Waals surface area contributed by atoms with E-state index in [4.69, 9.17) is 0 Å². The number of benzene rings is 1. The van der Waals surface area contributed by atoms with Gasteiger partial charge in [-0.05, 0) is 19.2 Å². The lowest BCUT2D eigenvalue weighted by atomic mass is 10.0. The number of nitrogens with one attached hydrogen (secondary N) is 1. The van der Waals surface area contributed by atoms with E-state index < -0.39 is 18.0 Å². The van der Waals surface area contributed by atoms with Crippen molar-refractivity contribution in [3.8, 4) is 0 Å². The zero-order valence-corrected chi connectivity index (χ0v) is 11.7. The van der Waals surface area contributed by atoms with Crippen LogP contribution in [0.5, 0.6) is 0 Å². The first-order chi connectivity index (χ1) is 7.47. The summed E-state index contributed by atoms with van der Waals surface area (Å²) < 4.78 is 13.8. The van der Waals surface area contributed by atoms with Crippen LogP contribution < -0.4 is 5.32 Å². The highest BCUT2D eigenvalue weighted by atomic mass is 79.9. The molecular weight excluding hydrogens is 345 g/mol. The highest BCUT2D eigenvalue weighted by Crippen LogP contribution is 2.33. The summed E-state index contributed by atoms with van der Waals surface area (Å²) in [7, 11) is 1.67. The molecule has 3 N–H and O–H groups in total. The second-order valence-corrected chi connectivity index (χ2v) is 5.06. The second-order valence-electron chi connectivity index (χ2n) is 3.35. The Morgan fingerprint density at radius 1 is 1.31 bits per heavy atom. The van der Waals surface area contributed by atoms with Gasteiger partial charge in [-0.15, -0.1) is 0 Å². The van der Waals surface area contributed by atoms with E-state index in [1.807, 2.05) is 0 Å². The van der Waals surface area contributed by atoms with Crippen LogP contribution in [-0.4, -0.2) is 29.9 Å². The van der Waals surface area contributed by atoms with Gasteiger partial charge in [0.2, 0.25) is 0 Å². The summed E-state index contributed by atoms with van der Waals surface area (Å²) in [6.45, 7) is 0.247. The molecule has 1 aromatic carbocycles. The predicted molar refractivity (Wildman–Crippen MR) is 66.7 cm³/mol. The van der Waals surface area contributed by atoms with Crippen LogP contribution in [0, 0.1) is 5.82 Å². The van der Waals surface area contributed by atoms with Gasteiger partial charge in [-0.3, -0.25) is 0 Å². The van der Waals surface area contributed by atoms with Gasteiger partial charge in [-0.1, -0.05) is 31.9 Å². The smallest absolute Gasteiger partial charge is 0.125 e. The molecule has 0 amide bonds. The molecule has 0 aromatic heterocycles. The van der Waals surface area contributed by atoms with Crippen molar-refractivity contribution in [3.05, 3.63) is 32.5 Å². The van der Waals surface area contributed by atoms with Crippen molar-refractivity contribution in [2.75, 3.05) is 13.6 Å². The molecule has 0 heterocycles. The summed E-state index contributed by atoms with van der Waals surface area (Å²) in [5, 5.41) is 22.3. The maximum absolute atomic E-state index is 13.0. The van der Waals surface area contributed by atoms with Gasteiger partial charge in [-0.2, -0.15) is 0 Å². The predicted octanol–water partition coefficient (Wildman–Crippen LogP) is 1.96. The van der Waals surface area contributed by atoms with Crippen LogP contribution >= 0.6 is 31.9 Å². The molecule has 0 saturated heterocycles. The van der Waals surface area contributed by atoms with Crippen molar-refractivity contribution in [2.45, 2.75) is 12.2 Å². The van der Waals surface area contributed by atoms with Crippen molar-refractivity contribution in [3.63, 3.8) is 0 Å². The Labute approximate surface area is 110 Å². The van der Waals surface area contributed by atoms with Gasteiger partial charge in [0.1, 0.15) is 11.9 Å². The van der Waals surface area contributed by atoms with Crippen molar-refractivity contribution >= 4 is 31.9 Å². The quantitative estimate of drug-likeness (QED) is 0.773. The summed E-state index contributed by atoms with van der Waals surface area (Å²) in [6, 6.07) is 2.49. The molecule has 3 nitrogen and oxygen atoms in total. The van der Waals surface area contributed by atoms with E-state index in [1.165, 1.54) is 12.1 Å². The highest BCUT2D eigenvalue weighted by molar-refractivity contribution is 9.11. The van der Waals surface area contributed by atoms with Crippen molar-refractivity contribution in [2.24, 2.45) is 0 Å².